The van der Waals surface area contributed by atoms with Crippen LogP contribution >= 0.6 is 0 Å². The number of rotatable bonds is 10. The van der Waals surface area contributed by atoms with Gasteiger partial charge in [0, 0.05) is 46.7 Å². The maximum absolute atomic E-state index is 5.29. The first-order valence-corrected chi connectivity index (χ1v) is 6.42. The van der Waals surface area contributed by atoms with Gasteiger partial charge in [-0.05, 0) is 18.1 Å². The molecule has 0 aromatic carbocycles. The smallest absolute Gasteiger partial charge is 0.139 e. The van der Waals surface area contributed by atoms with Crippen molar-refractivity contribution >= 4 is 5.82 Å². The van der Waals surface area contributed by atoms with Gasteiger partial charge in [-0.1, -0.05) is 6.07 Å². The van der Waals surface area contributed by atoms with Gasteiger partial charge in [0.1, 0.15) is 5.82 Å². The van der Waals surface area contributed by atoms with Crippen molar-refractivity contribution < 1.29 is 9.47 Å². The molecule has 0 aliphatic carbocycles. The molecule has 6 nitrogen and oxygen atoms in total. The van der Waals surface area contributed by atoms with Crippen molar-refractivity contribution in [2.45, 2.75) is 13.0 Å². The van der Waals surface area contributed by atoms with E-state index in [0.717, 1.165) is 44.8 Å². The number of nitrogens with zero attached hydrogens (tertiary/aromatic N) is 2. The molecular formula is C13H24N4O2. The van der Waals surface area contributed by atoms with Gasteiger partial charge in [-0.15, -0.1) is 0 Å². The Morgan fingerprint density at radius 2 is 2.00 bits per heavy atom. The van der Waals surface area contributed by atoms with Gasteiger partial charge in [0.2, 0.25) is 0 Å². The first kappa shape index (κ1) is 15.8. The van der Waals surface area contributed by atoms with E-state index < -0.39 is 0 Å². The van der Waals surface area contributed by atoms with E-state index in [1.54, 1.807) is 14.2 Å². The van der Waals surface area contributed by atoms with Gasteiger partial charge >= 0.3 is 0 Å². The molecule has 0 saturated heterocycles. The molecule has 1 heterocycles. The van der Waals surface area contributed by atoms with E-state index >= 15 is 0 Å². The quantitative estimate of drug-likeness (QED) is 0.372. The number of hydrogen-bond donors (Lipinski definition) is 2. The fourth-order valence-corrected chi connectivity index (χ4v) is 1.78. The number of hydrogen-bond acceptors (Lipinski definition) is 6. The minimum atomic E-state index is 0.673. The number of hydrazine groups is 1. The molecule has 108 valence electrons. The molecule has 1 aromatic heterocycles. The third-order valence-corrected chi connectivity index (χ3v) is 2.81. The molecule has 0 saturated carbocycles. The number of nitrogen functional groups attached to an aromatic ring is 1. The van der Waals surface area contributed by atoms with Crippen LogP contribution in [0.5, 0.6) is 0 Å². The van der Waals surface area contributed by atoms with Crippen LogP contribution in [-0.4, -0.2) is 50.4 Å². The highest BCUT2D eigenvalue weighted by Crippen LogP contribution is 2.07. The van der Waals surface area contributed by atoms with Crippen molar-refractivity contribution in [3.8, 4) is 0 Å². The Hall–Kier alpha value is -1.21. The van der Waals surface area contributed by atoms with E-state index in [4.69, 9.17) is 15.3 Å². The summed E-state index contributed by atoms with van der Waals surface area (Å²) >= 11 is 0. The maximum atomic E-state index is 5.29. The number of anilines is 1. The zero-order valence-electron chi connectivity index (χ0n) is 11.8. The molecule has 0 atom stereocenters. The molecule has 0 aliphatic rings. The summed E-state index contributed by atoms with van der Waals surface area (Å²) < 4.78 is 10.2. The molecule has 0 bridgehead atoms. The molecule has 0 fully saturated rings. The zero-order chi connectivity index (χ0) is 13.9. The highest BCUT2D eigenvalue weighted by molar-refractivity contribution is 5.33. The van der Waals surface area contributed by atoms with Crippen LogP contribution in [0, 0.1) is 0 Å². The second-order valence-electron chi connectivity index (χ2n) is 4.31. The second kappa shape index (κ2) is 9.69. The molecule has 6 heteroatoms. The Balaban J connectivity index is 2.48. The van der Waals surface area contributed by atoms with Crippen molar-refractivity contribution in [1.82, 2.24) is 9.88 Å². The summed E-state index contributed by atoms with van der Waals surface area (Å²) in [5.41, 5.74) is 3.68. The van der Waals surface area contributed by atoms with Gasteiger partial charge in [-0.25, -0.2) is 10.8 Å². The normalized spacial score (nSPS) is 10.9. The van der Waals surface area contributed by atoms with Gasteiger partial charge < -0.3 is 14.9 Å². The minimum Gasteiger partial charge on any atom is -0.385 e. The van der Waals surface area contributed by atoms with Gasteiger partial charge in [0.25, 0.3) is 0 Å². The third-order valence-electron chi connectivity index (χ3n) is 2.81. The molecule has 1 rings (SSSR count). The predicted octanol–water partition coefficient (Wildman–Crippen LogP) is 0.852. The summed E-state index contributed by atoms with van der Waals surface area (Å²) in [6.45, 7) is 4.23. The Morgan fingerprint density at radius 3 is 2.58 bits per heavy atom. The fourth-order valence-electron chi connectivity index (χ4n) is 1.78. The summed E-state index contributed by atoms with van der Waals surface area (Å²) in [5.74, 6) is 5.97. The lowest BCUT2D eigenvalue weighted by atomic mass is 10.2. The van der Waals surface area contributed by atoms with Gasteiger partial charge in [-0.2, -0.15) is 0 Å². The van der Waals surface area contributed by atoms with Crippen LogP contribution in [0.1, 0.15) is 12.0 Å². The number of ether oxygens (including phenoxy) is 2. The first-order chi connectivity index (χ1) is 9.30. The van der Waals surface area contributed by atoms with Gasteiger partial charge in [-0.3, -0.25) is 4.90 Å². The molecule has 0 spiro atoms. The highest BCUT2D eigenvalue weighted by atomic mass is 16.5. The number of nitrogens with one attached hydrogen (secondary N) is 1. The van der Waals surface area contributed by atoms with Crippen LogP contribution in [0.4, 0.5) is 5.82 Å². The zero-order valence-corrected chi connectivity index (χ0v) is 11.8. The number of aromatic nitrogens is 1. The maximum Gasteiger partial charge on any atom is 0.139 e. The lowest BCUT2D eigenvalue weighted by molar-refractivity contribution is 0.129. The summed E-state index contributed by atoms with van der Waals surface area (Å²) in [7, 11) is 3.44. The van der Waals surface area contributed by atoms with Crippen LogP contribution in [0.15, 0.2) is 18.3 Å². The molecule has 3 N–H and O–H groups in total. The summed E-state index contributed by atoms with van der Waals surface area (Å²) in [4.78, 5) is 6.54. The van der Waals surface area contributed by atoms with E-state index in [0.29, 0.717) is 5.82 Å². The third kappa shape index (κ3) is 6.49. The molecule has 0 amide bonds. The Morgan fingerprint density at radius 1 is 1.21 bits per heavy atom. The summed E-state index contributed by atoms with van der Waals surface area (Å²) in [5, 5.41) is 0. The number of nitrogens with two attached hydrogens (primary N) is 1. The second-order valence-corrected chi connectivity index (χ2v) is 4.31. The molecule has 0 unspecified atom stereocenters. The average Bonchev–Trinajstić information content (AvgIpc) is 2.45. The lowest BCUT2D eigenvalue weighted by Gasteiger charge is -2.21. The number of pyridine rings is 1. The van der Waals surface area contributed by atoms with E-state index in [9.17, 15) is 0 Å². The lowest BCUT2D eigenvalue weighted by Crippen LogP contribution is -2.28. The molecule has 1 aromatic rings. The highest BCUT2D eigenvalue weighted by Gasteiger charge is 2.06. The SMILES string of the molecule is COCCCN(CCOC)Cc1ccc(NN)nc1. The minimum absolute atomic E-state index is 0.673. The van der Waals surface area contributed by atoms with Crippen molar-refractivity contribution in [2.24, 2.45) is 5.84 Å². The van der Waals surface area contributed by atoms with Gasteiger partial charge in [0.05, 0.1) is 6.61 Å². The molecule has 0 radical (unpaired) electrons. The fraction of sp³-hybridized carbons (Fsp3) is 0.615. The van der Waals surface area contributed by atoms with E-state index in [-0.39, 0.29) is 0 Å². The van der Waals surface area contributed by atoms with Gasteiger partial charge in [0.15, 0.2) is 0 Å². The summed E-state index contributed by atoms with van der Waals surface area (Å²) in [6.07, 6.45) is 2.85. The largest absolute Gasteiger partial charge is 0.385 e. The van der Waals surface area contributed by atoms with Crippen LogP contribution < -0.4 is 11.3 Å². The van der Waals surface area contributed by atoms with Crippen LogP contribution in [0.25, 0.3) is 0 Å². The standard InChI is InChI=1S/C13H24N4O2/c1-18-8-3-6-17(7-9-19-2)11-12-4-5-13(16-14)15-10-12/h4-5,10H,3,6-9,11,14H2,1-2H3,(H,15,16). The van der Waals surface area contributed by atoms with Crippen LogP contribution in [0.3, 0.4) is 0 Å². The van der Waals surface area contributed by atoms with Crippen molar-refractivity contribution in [3.05, 3.63) is 23.9 Å². The number of methoxy groups -OCH3 is 2. The van der Waals surface area contributed by atoms with E-state index in [1.165, 1.54) is 0 Å². The Kier molecular flexibility index (Phi) is 8.08. The van der Waals surface area contributed by atoms with E-state index in [2.05, 4.69) is 15.3 Å². The monoisotopic (exact) mass is 268 g/mol. The van der Waals surface area contributed by atoms with Crippen LogP contribution in [0.2, 0.25) is 0 Å². The molecular weight excluding hydrogens is 244 g/mol. The topological polar surface area (TPSA) is 72.6 Å². The first-order valence-electron chi connectivity index (χ1n) is 6.42. The van der Waals surface area contributed by atoms with E-state index in [1.807, 2.05) is 18.3 Å². The van der Waals surface area contributed by atoms with Crippen molar-refractivity contribution in [2.75, 3.05) is 45.9 Å². The van der Waals surface area contributed by atoms with Crippen molar-refractivity contribution in [3.63, 3.8) is 0 Å². The Labute approximate surface area is 114 Å². The molecule has 19 heavy (non-hydrogen) atoms. The Bertz CT molecular complexity index is 332. The summed E-state index contributed by atoms with van der Waals surface area (Å²) in [6, 6.07) is 3.90. The van der Waals surface area contributed by atoms with Crippen LogP contribution in [-0.2, 0) is 16.0 Å². The predicted molar refractivity (Wildman–Crippen MR) is 75.7 cm³/mol. The molecule has 0 aliphatic heterocycles. The van der Waals surface area contributed by atoms with Crippen molar-refractivity contribution in [1.29, 1.82) is 0 Å². The average molecular weight is 268 g/mol.